The Morgan fingerprint density at radius 3 is 2.62 bits per heavy atom. The topological polar surface area (TPSA) is 79.2 Å². The number of ether oxygens (including phenoxy) is 1. The molecule has 0 aromatic heterocycles. The summed E-state index contributed by atoms with van der Waals surface area (Å²) in [6.45, 7) is 0. The number of methoxy groups -OCH3 is 1. The summed E-state index contributed by atoms with van der Waals surface area (Å²) in [5, 5.41) is 14.4. The van der Waals surface area contributed by atoms with Crippen LogP contribution < -0.4 is 4.74 Å². The molecule has 1 atom stereocenters. The fourth-order valence-electron chi connectivity index (χ4n) is 2.77. The van der Waals surface area contributed by atoms with Crippen LogP contribution in [0.5, 0.6) is 11.5 Å². The zero-order valence-corrected chi connectivity index (χ0v) is 14.2. The Balaban J connectivity index is 2.04. The zero-order chi connectivity index (χ0) is 17.3. The summed E-state index contributed by atoms with van der Waals surface area (Å²) >= 11 is 0. The van der Waals surface area contributed by atoms with Crippen molar-refractivity contribution in [2.75, 3.05) is 13.4 Å². The molecule has 126 valence electrons. The van der Waals surface area contributed by atoms with Crippen LogP contribution in [-0.2, 0) is 10.0 Å². The molecule has 0 bridgehead atoms. The molecule has 0 fully saturated rings. The van der Waals surface area contributed by atoms with Crippen molar-refractivity contribution < 1.29 is 18.3 Å². The summed E-state index contributed by atoms with van der Waals surface area (Å²) in [6, 6.07) is 13.5. The minimum absolute atomic E-state index is 0.0539. The first-order chi connectivity index (χ1) is 11.4. The van der Waals surface area contributed by atoms with Crippen molar-refractivity contribution in [3.05, 3.63) is 59.7 Å². The molecule has 1 unspecified atom stereocenters. The van der Waals surface area contributed by atoms with Crippen LogP contribution in [0.1, 0.15) is 23.6 Å². The predicted molar refractivity (Wildman–Crippen MR) is 91.7 cm³/mol. The van der Waals surface area contributed by atoms with Crippen LogP contribution in [0.25, 0.3) is 0 Å². The first-order valence-electron chi connectivity index (χ1n) is 7.39. The maximum absolute atomic E-state index is 12.1. The highest BCUT2D eigenvalue weighted by molar-refractivity contribution is 7.88. The summed E-state index contributed by atoms with van der Waals surface area (Å²) in [5.41, 5.74) is 1.96. The minimum atomic E-state index is -3.57. The third kappa shape index (κ3) is 3.07. The Hall–Kier alpha value is -2.54. The molecule has 0 saturated heterocycles. The molecule has 1 heterocycles. The van der Waals surface area contributed by atoms with Gasteiger partial charge in [0, 0.05) is 17.5 Å². The lowest BCUT2D eigenvalue weighted by molar-refractivity contribution is 0.361. The Morgan fingerprint density at radius 1 is 1.21 bits per heavy atom. The number of hydrogen-bond acceptors (Lipinski definition) is 5. The van der Waals surface area contributed by atoms with Crippen molar-refractivity contribution in [3.8, 4) is 11.5 Å². The van der Waals surface area contributed by atoms with Crippen molar-refractivity contribution in [2.24, 2.45) is 5.10 Å². The van der Waals surface area contributed by atoms with E-state index in [-0.39, 0.29) is 5.75 Å². The smallest absolute Gasteiger partial charge is 0.247 e. The summed E-state index contributed by atoms with van der Waals surface area (Å²) in [7, 11) is -2.00. The lowest BCUT2D eigenvalue weighted by Crippen LogP contribution is -2.25. The third-order valence-electron chi connectivity index (χ3n) is 3.91. The van der Waals surface area contributed by atoms with Crippen molar-refractivity contribution in [1.29, 1.82) is 0 Å². The first kappa shape index (κ1) is 16.3. The van der Waals surface area contributed by atoms with E-state index in [1.807, 2.05) is 24.3 Å². The predicted octanol–water partition coefficient (Wildman–Crippen LogP) is 2.51. The summed E-state index contributed by atoms with van der Waals surface area (Å²) in [6.07, 6.45) is 1.48. The average molecular weight is 346 g/mol. The van der Waals surface area contributed by atoms with E-state index in [2.05, 4.69) is 5.10 Å². The lowest BCUT2D eigenvalue weighted by Gasteiger charge is -2.22. The SMILES string of the molecule is COc1cccc(C2=NN(S(C)(=O)=O)C(c3ccccc3O)C2)c1. The Bertz CT molecular complexity index is 893. The molecule has 1 N–H and O–H groups in total. The standard InChI is InChI=1S/C17H18N2O4S/c1-23-13-7-5-6-12(10-13)15-11-16(19(18-15)24(2,21)22)14-8-3-4-9-17(14)20/h3-10,16,20H,11H2,1-2H3. The van der Waals surface area contributed by atoms with Crippen LogP contribution in [0.15, 0.2) is 53.6 Å². The van der Waals surface area contributed by atoms with E-state index in [4.69, 9.17) is 4.74 Å². The van der Waals surface area contributed by atoms with E-state index in [1.165, 1.54) is 0 Å². The molecule has 3 rings (SSSR count). The highest BCUT2D eigenvalue weighted by Crippen LogP contribution is 2.38. The van der Waals surface area contributed by atoms with Gasteiger partial charge in [-0.3, -0.25) is 0 Å². The number of sulfonamides is 1. The summed E-state index contributed by atoms with van der Waals surface area (Å²) in [5.74, 6) is 0.727. The number of benzene rings is 2. The first-order valence-corrected chi connectivity index (χ1v) is 9.24. The number of hydrogen-bond donors (Lipinski definition) is 1. The molecule has 0 radical (unpaired) electrons. The summed E-state index contributed by atoms with van der Waals surface area (Å²) in [4.78, 5) is 0. The highest BCUT2D eigenvalue weighted by atomic mass is 32.2. The number of rotatable bonds is 4. The third-order valence-corrected chi connectivity index (χ3v) is 4.93. The van der Waals surface area contributed by atoms with E-state index in [0.717, 1.165) is 16.2 Å². The van der Waals surface area contributed by atoms with E-state index in [0.29, 0.717) is 23.4 Å². The summed E-state index contributed by atoms with van der Waals surface area (Å²) < 4.78 is 30.6. The second-order valence-electron chi connectivity index (χ2n) is 5.59. The van der Waals surface area contributed by atoms with Gasteiger partial charge in [-0.15, -0.1) is 0 Å². The van der Waals surface area contributed by atoms with Gasteiger partial charge in [0.25, 0.3) is 0 Å². The van der Waals surface area contributed by atoms with Crippen LogP contribution in [0, 0.1) is 0 Å². The van der Waals surface area contributed by atoms with Crippen LogP contribution in [0.3, 0.4) is 0 Å². The van der Waals surface area contributed by atoms with Crippen LogP contribution in [0.2, 0.25) is 0 Å². The quantitative estimate of drug-likeness (QED) is 0.922. The second kappa shape index (κ2) is 6.16. The van der Waals surface area contributed by atoms with Crippen molar-refractivity contribution in [1.82, 2.24) is 4.41 Å². The van der Waals surface area contributed by atoms with E-state index in [9.17, 15) is 13.5 Å². The Labute approximate surface area is 141 Å². The van der Waals surface area contributed by atoms with Crippen molar-refractivity contribution in [3.63, 3.8) is 0 Å². The monoisotopic (exact) mass is 346 g/mol. The molecule has 2 aromatic rings. The largest absolute Gasteiger partial charge is 0.508 e. The van der Waals surface area contributed by atoms with Crippen molar-refractivity contribution >= 4 is 15.7 Å². The maximum atomic E-state index is 12.1. The van der Waals surface area contributed by atoms with E-state index in [1.54, 1.807) is 31.4 Å². The van der Waals surface area contributed by atoms with Gasteiger partial charge in [-0.1, -0.05) is 30.3 Å². The normalized spacial score (nSPS) is 17.7. The fourth-order valence-corrected chi connectivity index (χ4v) is 3.67. The lowest BCUT2D eigenvalue weighted by atomic mass is 9.98. The number of phenols is 1. The van der Waals surface area contributed by atoms with Crippen LogP contribution in [0.4, 0.5) is 0 Å². The number of hydrazone groups is 1. The molecule has 24 heavy (non-hydrogen) atoms. The Kier molecular flexibility index (Phi) is 4.19. The van der Waals surface area contributed by atoms with Gasteiger partial charge in [-0.05, 0) is 18.2 Å². The van der Waals surface area contributed by atoms with Crippen LogP contribution in [-0.4, -0.2) is 37.0 Å². The van der Waals surface area contributed by atoms with Gasteiger partial charge in [0.05, 0.1) is 25.1 Å². The van der Waals surface area contributed by atoms with Gasteiger partial charge in [-0.2, -0.15) is 9.52 Å². The number of phenolic OH excluding ortho intramolecular Hbond substituents is 1. The van der Waals surface area contributed by atoms with Gasteiger partial charge in [0.15, 0.2) is 0 Å². The molecule has 0 spiro atoms. The van der Waals surface area contributed by atoms with Crippen molar-refractivity contribution in [2.45, 2.75) is 12.5 Å². The molecule has 0 aliphatic carbocycles. The van der Waals surface area contributed by atoms with E-state index >= 15 is 0 Å². The molecule has 6 nitrogen and oxygen atoms in total. The zero-order valence-electron chi connectivity index (χ0n) is 13.4. The fraction of sp³-hybridized carbons (Fsp3) is 0.235. The van der Waals surface area contributed by atoms with Gasteiger partial charge in [0.1, 0.15) is 11.5 Å². The number of para-hydroxylation sites is 1. The molecule has 1 aliphatic rings. The molecule has 0 amide bonds. The molecular weight excluding hydrogens is 328 g/mol. The average Bonchev–Trinajstić information content (AvgIpc) is 3.01. The van der Waals surface area contributed by atoms with Gasteiger partial charge >= 0.3 is 0 Å². The molecule has 7 heteroatoms. The highest BCUT2D eigenvalue weighted by Gasteiger charge is 2.35. The molecule has 2 aromatic carbocycles. The number of nitrogens with zero attached hydrogens (tertiary/aromatic N) is 2. The van der Waals surface area contributed by atoms with Gasteiger partial charge in [0.2, 0.25) is 10.0 Å². The number of aromatic hydroxyl groups is 1. The van der Waals surface area contributed by atoms with Gasteiger partial charge in [-0.25, -0.2) is 8.42 Å². The van der Waals surface area contributed by atoms with Gasteiger partial charge < -0.3 is 9.84 Å². The molecule has 0 saturated carbocycles. The van der Waals surface area contributed by atoms with E-state index < -0.39 is 16.1 Å². The second-order valence-corrected chi connectivity index (χ2v) is 7.43. The van der Waals surface area contributed by atoms with Crippen LogP contribution >= 0.6 is 0 Å². The maximum Gasteiger partial charge on any atom is 0.247 e. The Morgan fingerprint density at radius 2 is 1.96 bits per heavy atom. The minimum Gasteiger partial charge on any atom is -0.508 e. The molecule has 1 aliphatic heterocycles. The molecular formula is C17H18N2O4S.